The smallest absolute Gasteiger partial charge is 0.321 e. The normalized spacial score (nSPS) is 22.6. The van der Waals surface area contributed by atoms with Crippen LogP contribution in [-0.4, -0.2) is 59.5 Å². The van der Waals surface area contributed by atoms with E-state index < -0.39 is 0 Å². The first-order valence-corrected chi connectivity index (χ1v) is 7.92. The maximum atomic E-state index is 12.9. The highest BCUT2D eigenvalue weighted by Gasteiger charge is 2.44. The number of rotatable bonds is 8. The van der Waals surface area contributed by atoms with Crippen LogP contribution in [0.15, 0.2) is 25.3 Å². The van der Waals surface area contributed by atoms with Crippen molar-refractivity contribution in [2.24, 2.45) is 5.92 Å². The number of carbonyl (C=O) groups excluding carboxylic acids is 2. The molecule has 1 aliphatic heterocycles. The van der Waals surface area contributed by atoms with E-state index in [1.807, 2.05) is 19.9 Å². The summed E-state index contributed by atoms with van der Waals surface area (Å²) in [5, 5.41) is 0. The quantitative estimate of drug-likeness (QED) is 0.647. The summed E-state index contributed by atoms with van der Waals surface area (Å²) in [5.41, 5.74) is 0. The third-order valence-electron chi connectivity index (χ3n) is 4.53. The van der Waals surface area contributed by atoms with Crippen molar-refractivity contribution >= 4 is 11.9 Å². The molecular formula is C17H29N3O2. The van der Waals surface area contributed by atoms with E-state index in [2.05, 4.69) is 13.2 Å². The Hall–Kier alpha value is -1.78. The van der Waals surface area contributed by atoms with E-state index in [1.54, 1.807) is 34.9 Å². The largest absolute Gasteiger partial charge is 0.321 e. The number of allylic oxidation sites excluding steroid dienone is 1. The minimum atomic E-state index is -0.249. The third kappa shape index (κ3) is 3.51. The number of nitrogens with zero attached hydrogens (tertiary/aromatic N) is 3. The van der Waals surface area contributed by atoms with E-state index in [1.165, 1.54) is 0 Å². The highest BCUT2D eigenvalue weighted by atomic mass is 16.2. The summed E-state index contributed by atoms with van der Waals surface area (Å²) in [6, 6.07) is -0.100. The van der Waals surface area contributed by atoms with Gasteiger partial charge in [-0.2, -0.15) is 0 Å². The van der Waals surface area contributed by atoms with Crippen LogP contribution >= 0.6 is 0 Å². The number of hydrogen-bond donors (Lipinski definition) is 0. The summed E-state index contributed by atoms with van der Waals surface area (Å²) in [6.45, 7) is 11.9. The molecule has 0 N–H and O–H groups in total. The molecule has 0 aliphatic carbocycles. The second-order valence-corrected chi connectivity index (χ2v) is 5.91. The molecule has 0 spiro atoms. The maximum Gasteiger partial charge on any atom is 0.321 e. The molecule has 1 aliphatic rings. The highest BCUT2D eigenvalue weighted by Crippen LogP contribution is 2.26. The first-order valence-electron chi connectivity index (χ1n) is 7.92. The molecule has 0 radical (unpaired) electrons. The molecule has 0 aromatic carbocycles. The van der Waals surface area contributed by atoms with Crippen LogP contribution in [0.1, 0.15) is 33.1 Å². The Labute approximate surface area is 134 Å². The SMILES string of the molecule is C=CCCC(CC)C(=O)N(CC=C)[C@@H]1[C@H](C)N(C)C(=O)N1C. The minimum Gasteiger partial charge on any atom is -0.321 e. The molecule has 3 atom stereocenters. The monoisotopic (exact) mass is 307 g/mol. The van der Waals surface area contributed by atoms with Crippen molar-refractivity contribution in [1.29, 1.82) is 0 Å². The Kier molecular flexibility index (Phi) is 6.65. The standard InChI is InChI=1S/C17H29N3O2/c1-7-10-11-14(9-3)16(21)20(12-8-2)15-13(4)18(5)17(22)19(15)6/h7-8,13-15H,1-2,9-12H2,3-6H3/t13-,14?,15+/m0/s1. The fraction of sp³-hybridized carbons (Fsp3) is 0.647. The van der Waals surface area contributed by atoms with Crippen LogP contribution in [0.5, 0.6) is 0 Å². The molecule has 3 amide bonds. The minimum absolute atomic E-state index is 0.0421. The van der Waals surface area contributed by atoms with Gasteiger partial charge in [0.25, 0.3) is 0 Å². The highest BCUT2D eigenvalue weighted by molar-refractivity contribution is 5.82. The van der Waals surface area contributed by atoms with Crippen molar-refractivity contribution in [2.75, 3.05) is 20.6 Å². The van der Waals surface area contributed by atoms with Gasteiger partial charge in [-0.05, 0) is 26.2 Å². The van der Waals surface area contributed by atoms with Gasteiger partial charge in [-0.3, -0.25) is 4.79 Å². The summed E-state index contributed by atoms with van der Waals surface area (Å²) >= 11 is 0. The lowest BCUT2D eigenvalue weighted by Gasteiger charge is -2.36. The molecule has 1 saturated heterocycles. The van der Waals surface area contributed by atoms with Crippen molar-refractivity contribution in [3.63, 3.8) is 0 Å². The fourth-order valence-corrected chi connectivity index (χ4v) is 3.05. The second kappa shape index (κ2) is 8.01. The Bertz CT molecular complexity index is 436. The van der Waals surface area contributed by atoms with Gasteiger partial charge in [0.15, 0.2) is 0 Å². The maximum absolute atomic E-state index is 12.9. The van der Waals surface area contributed by atoms with Gasteiger partial charge in [0, 0.05) is 26.6 Å². The number of carbonyl (C=O) groups is 2. The number of likely N-dealkylation sites (N-methyl/N-ethyl adjacent to an activating group) is 2. The molecular weight excluding hydrogens is 278 g/mol. The van der Waals surface area contributed by atoms with Gasteiger partial charge < -0.3 is 14.7 Å². The molecule has 1 rings (SSSR count). The third-order valence-corrected chi connectivity index (χ3v) is 4.53. The summed E-state index contributed by atoms with van der Waals surface area (Å²) < 4.78 is 0. The lowest BCUT2D eigenvalue weighted by molar-refractivity contribution is -0.140. The van der Waals surface area contributed by atoms with Crippen LogP contribution < -0.4 is 0 Å². The zero-order valence-electron chi connectivity index (χ0n) is 14.3. The predicted octanol–water partition coefficient (Wildman–Crippen LogP) is 2.71. The van der Waals surface area contributed by atoms with Gasteiger partial charge in [0.1, 0.15) is 6.17 Å². The first-order chi connectivity index (χ1) is 10.4. The molecule has 0 saturated carbocycles. The fourth-order valence-electron chi connectivity index (χ4n) is 3.05. The van der Waals surface area contributed by atoms with Gasteiger partial charge in [-0.1, -0.05) is 19.1 Å². The predicted molar refractivity (Wildman–Crippen MR) is 89.3 cm³/mol. The lowest BCUT2D eigenvalue weighted by Crippen LogP contribution is -2.53. The van der Waals surface area contributed by atoms with Crippen molar-refractivity contribution in [2.45, 2.75) is 45.3 Å². The Morgan fingerprint density at radius 2 is 1.95 bits per heavy atom. The van der Waals surface area contributed by atoms with Crippen LogP contribution in [0.4, 0.5) is 4.79 Å². The first kappa shape index (κ1) is 18.3. The van der Waals surface area contributed by atoms with Gasteiger partial charge in [-0.25, -0.2) is 4.79 Å². The number of urea groups is 1. The van der Waals surface area contributed by atoms with Crippen molar-refractivity contribution in [3.8, 4) is 0 Å². The molecule has 1 heterocycles. The average molecular weight is 307 g/mol. The van der Waals surface area contributed by atoms with Crippen molar-refractivity contribution < 1.29 is 9.59 Å². The van der Waals surface area contributed by atoms with E-state index in [9.17, 15) is 9.59 Å². The van der Waals surface area contributed by atoms with Gasteiger partial charge >= 0.3 is 6.03 Å². The molecule has 1 unspecified atom stereocenters. The van der Waals surface area contributed by atoms with E-state index in [-0.39, 0.29) is 30.1 Å². The Morgan fingerprint density at radius 3 is 2.36 bits per heavy atom. The molecule has 124 valence electrons. The lowest BCUT2D eigenvalue weighted by atomic mass is 9.97. The molecule has 22 heavy (non-hydrogen) atoms. The zero-order valence-corrected chi connectivity index (χ0v) is 14.3. The summed E-state index contributed by atoms with van der Waals surface area (Å²) in [4.78, 5) is 30.2. The molecule has 1 fully saturated rings. The van der Waals surface area contributed by atoms with Gasteiger partial charge in [0.2, 0.25) is 5.91 Å². The molecule has 5 nitrogen and oxygen atoms in total. The second-order valence-electron chi connectivity index (χ2n) is 5.91. The molecule has 0 aromatic rings. The van der Waals surface area contributed by atoms with E-state index in [0.717, 1.165) is 19.3 Å². The van der Waals surface area contributed by atoms with Crippen LogP contribution in [0, 0.1) is 5.92 Å². The molecule has 0 bridgehead atoms. The summed E-state index contributed by atoms with van der Waals surface area (Å²) in [5.74, 6) is 0.0515. The van der Waals surface area contributed by atoms with Crippen LogP contribution in [-0.2, 0) is 4.79 Å². The molecule has 5 heteroatoms. The molecule has 0 aromatic heterocycles. The Balaban J connectivity index is 3.01. The number of amides is 3. The summed E-state index contributed by atoms with van der Waals surface area (Å²) in [7, 11) is 3.52. The van der Waals surface area contributed by atoms with Crippen LogP contribution in [0.25, 0.3) is 0 Å². The zero-order chi connectivity index (χ0) is 16.9. The van der Waals surface area contributed by atoms with Crippen molar-refractivity contribution in [1.82, 2.24) is 14.7 Å². The summed E-state index contributed by atoms with van der Waals surface area (Å²) in [6.07, 6.45) is 5.72. The van der Waals surface area contributed by atoms with Crippen LogP contribution in [0.2, 0.25) is 0 Å². The van der Waals surface area contributed by atoms with Gasteiger partial charge in [-0.15, -0.1) is 13.2 Å². The van der Waals surface area contributed by atoms with E-state index in [0.29, 0.717) is 6.54 Å². The van der Waals surface area contributed by atoms with E-state index in [4.69, 9.17) is 0 Å². The van der Waals surface area contributed by atoms with Gasteiger partial charge in [0.05, 0.1) is 6.04 Å². The van der Waals surface area contributed by atoms with Crippen LogP contribution in [0.3, 0.4) is 0 Å². The topological polar surface area (TPSA) is 43.9 Å². The number of hydrogen-bond acceptors (Lipinski definition) is 2. The average Bonchev–Trinajstić information content (AvgIpc) is 2.70. The Morgan fingerprint density at radius 1 is 1.32 bits per heavy atom. The van der Waals surface area contributed by atoms with E-state index >= 15 is 0 Å². The van der Waals surface area contributed by atoms with Crippen molar-refractivity contribution in [3.05, 3.63) is 25.3 Å².